The van der Waals surface area contributed by atoms with E-state index in [1.165, 1.54) is 6.08 Å². The fourth-order valence-corrected chi connectivity index (χ4v) is 2.20. The molecule has 1 fully saturated rings. The Hall–Kier alpha value is -1.32. The van der Waals surface area contributed by atoms with Crippen LogP contribution < -0.4 is 5.32 Å². The van der Waals surface area contributed by atoms with Gasteiger partial charge in [0.2, 0.25) is 5.91 Å². The molecule has 1 saturated carbocycles. The van der Waals surface area contributed by atoms with E-state index in [1.807, 2.05) is 0 Å². The third-order valence-electron chi connectivity index (χ3n) is 3.40. The van der Waals surface area contributed by atoms with Crippen molar-refractivity contribution in [2.24, 2.45) is 11.8 Å². The van der Waals surface area contributed by atoms with Crippen LogP contribution in [0.25, 0.3) is 0 Å². The molecular weight excluding hydrogens is 218 g/mol. The Bertz CT molecular complexity index is 293. The zero-order valence-electron chi connectivity index (χ0n) is 10.3. The van der Waals surface area contributed by atoms with E-state index < -0.39 is 12.0 Å². The van der Waals surface area contributed by atoms with Crippen LogP contribution in [0.4, 0.5) is 0 Å². The van der Waals surface area contributed by atoms with Crippen LogP contribution in [0.3, 0.4) is 0 Å². The Labute approximate surface area is 102 Å². The normalized spacial score (nSPS) is 25.9. The predicted octanol–water partition coefficient (Wildman–Crippen LogP) is 1.96. The minimum Gasteiger partial charge on any atom is -0.480 e. The lowest BCUT2D eigenvalue weighted by Gasteiger charge is -2.26. The van der Waals surface area contributed by atoms with Crippen LogP contribution in [-0.4, -0.2) is 23.0 Å². The topological polar surface area (TPSA) is 66.4 Å². The molecule has 2 N–H and O–H groups in total. The molecule has 1 aliphatic rings. The van der Waals surface area contributed by atoms with Crippen molar-refractivity contribution in [3.63, 3.8) is 0 Å². The summed E-state index contributed by atoms with van der Waals surface area (Å²) in [5.41, 5.74) is 0. The SMILES string of the molecule is C=CCC(NC(=O)C1CCC(C)CC1)C(=O)O. The maximum Gasteiger partial charge on any atom is 0.326 e. The van der Waals surface area contributed by atoms with E-state index in [0.29, 0.717) is 5.92 Å². The molecular formula is C13H21NO3. The number of hydrogen-bond donors (Lipinski definition) is 2. The minimum absolute atomic E-state index is 0.0159. The molecule has 4 heteroatoms. The number of carbonyl (C=O) groups is 2. The third kappa shape index (κ3) is 4.21. The Morgan fingerprint density at radius 1 is 1.41 bits per heavy atom. The highest BCUT2D eigenvalue weighted by molar-refractivity contribution is 5.85. The first-order valence-corrected chi connectivity index (χ1v) is 6.18. The predicted molar refractivity (Wildman–Crippen MR) is 65.5 cm³/mol. The van der Waals surface area contributed by atoms with Gasteiger partial charge in [0.05, 0.1) is 0 Å². The monoisotopic (exact) mass is 239 g/mol. The number of rotatable bonds is 5. The van der Waals surface area contributed by atoms with Gasteiger partial charge in [0, 0.05) is 5.92 Å². The van der Waals surface area contributed by atoms with Crippen molar-refractivity contribution in [2.45, 2.75) is 45.1 Å². The van der Waals surface area contributed by atoms with Crippen molar-refractivity contribution in [1.29, 1.82) is 0 Å². The molecule has 0 aromatic carbocycles. The van der Waals surface area contributed by atoms with Gasteiger partial charge in [-0.15, -0.1) is 6.58 Å². The number of hydrogen-bond acceptors (Lipinski definition) is 2. The van der Waals surface area contributed by atoms with Crippen molar-refractivity contribution in [3.8, 4) is 0 Å². The van der Waals surface area contributed by atoms with E-state index >= 15 is 0 Å². The molecule has 0 radical (unpaired) electrons. The van der Waals surface area contributed by atoms with Crippen LogP contribution in [0.2, 0.25) is 0 Å². The molecule has 4 nitrogen and oxygen atoms in total. The highest BCUT2D eigenvalue weighted by Crippen LogP contribution is 2.28. The summed E-state index contributed by atoms with van der Waals surface area (Å²) in [6.07, 6.45) is 5.63. The second-order valence-corrected chi connectivity index (χ2v) is 4.88. The third-order valence-corrected chi connectivity index (χ3v) is 3.40. The largest absolute Gasteiger partial charge is 0.480 e. The van der Waals surface area contributed by atoms with Gasteiger partial charge >= 0.3 is 5.97 Å². The summed E-state index contributed by atoms with van der Waals surface area (Å²) in [6, 6.07) is -0.834. The summed E-state index contributed by atoms with van der Waals surface area (Å²) in [5, 5.41) is 11.5. The fourth-order valence-electron chi connectivity index (χ4n) is 2.20. The maximum absolute atomic E-state index is 11.9. The summed E-state index contributed by atoms with van der Waals surface area (Å²) < 4.78 is 0. The summed E-state index contributed by atoms with van der Waals surface area (Å²) in [7, 11) is 0. The molecule has 1 aliphatic carbocycles. The highest BCUT2D eigenvalue weighted by Gasteiger charge is 2.27. The Morgan fingerprint density at radius 2 is 2.00 bits per heavy atom. The van der Waals surface area contributed by atoms with E-state index in [2.05, 4.69) is 18.8 Å². The van der Waals surface area contributed by atoms with E-state index in [1.54, 1.807) is 0 Å². The van der Waals surface area contributed by atoms with Gasteiger partial charge < -0.3 is 10.4 Å². The van der Waals surface area contributed by atoms with Crippen molar-refractivity contribution < 1.29 is 14.7 Å². The van der Waals surface area contributed by atoms with Crippen LogP contribution in [0.5, 0.6) is 0 Å². The number of carboxylic acids is 1. The zero-order valence-corrected chi connectivity index (χ0v) is 10.3. The van der Waals surface area contributed by atoms with Crippen molar-refractivity contribution >= 4 is 11.9 Å². The van der Waals surface area contributed by atoms with Gasteiger partial charge in [-0.1, -0.05) is 13.0 Å². The zero-order chi connectivity index (χ0) is 12.8. The molecule has 0 saturated heterocycles. The molecule has 96 valence electrons. The number of amides is 1. The van der Waals surface area contributed by atoms with Crippen LogP contribution >= 0.6 is 0 Å². The van der Waals surface area contributed by atoms with Gasteiger partial charge in [-0.2, -0.15) is 0 Å². The maximum atomic E-state index is 11.9. The number of nitrogens with one attached hydrogen (secondary N) is 1. The van der Waals surface area contributed by atoms with Gasteiger partial charge in [-0.05, 0) is 38.0 Å². The first-order chi connectivity index (χ1) is 8.04. The second-order valence-electron chi connectivity index (χ2n) is 4.88. The molecule has 17 heavy (non-hydrogen) atoms. The number of aliphatic carboxylic acids is 1. The summed E-state index contributed by atoms with van der Waals surface area (Å²) in [4.78, 5) is 22.8. The molecule has 0 aliphatic heterocycles. The lowest BCUT2D eigenvalue weighted by molar-refractivity contribution is -0.142. The van der Waals surface area contributed by atoms with E-state index in [9.17, 15) is 9.59 Å². The molecule has 0 bridgehead atoms. The summed E-state index contributed by atoms with van der Waals surface area (Å²) >= 11 is 0. The van der Waals surface area contributed by atoms with E-state index in [0.717, 1.165) is 25.7 Å². The lowest BCUT2D eigenvalue weighted by atomic mass is 9.82. The molecule has 0 aromatic heterocycles. The molecule has 0 spiro atoms. The quantitative estimate of drug-likeness (QED) is 0.721. The lowest BCUT2D eigenvalue weighted by Crippen LogP contribution is -2.44. The van der Waals surface area contributed by atoms with Crippen LogP contribution in [0.1, 0.15) is 39.0 Å². The van der Waals surface area contributed by atoms with Crippen LogP contribution in [0.15, 0.2) is 12.7 Å². The molecule has 0 aromatic rings. The van der Waals surface area contributed by atoms with Gasteiger partial charge in [0.1, 0.15) is 6.04 Å². The van der Waals surface area contributed by atoms with E-state index in [4.69, 9.17) is 5.11 Å². The summed E-state index contributed by atoms with van der Waals surface area (Å²) in [5.74, 6) is -0.450. The molecule has 1 rings (SSSR count). The Kier molecular flexibility index (Phi) is 5.19. The Balaban J connectivity index is 2.46. The van der Waals surface area contributed by atoms with Gasteiger partial charge in [0.15, 0.2) is 0 Å². The molecule has 0 heterocycles. The minimum atomic E-state index is -0.998. The average Bonchev–Trinajstić information content (AvgIpc) is 2.29. The number of carboxylic acid groups (broad SMARTS) is 1. The molecule has 1 unspecified atom stereocenters. The van der Waals surface area contributed by atoms with Gasteiger partial charge in [-0.3, -0.25) is 4.79 Å². The highest BCUT2D eigenvalue weighted by atomic mass is 16.4. The molecule has 1 atom stereocenters. The van der Waals surface area contributed by atoms with Crippen LogP contribution in [0, 0.1) is 11.8 Å². The van der Waals surface area contributed by atoms with Crippen molar-refractivity contribution in [2.75, 3.05) is 0 Å². The second kappa shape index (κ2) is 6.42. The standard InChI is InChI=1S/C13H21NO3/c1-3-4-11(13(16)17)14-12(15)10-7-5-9(2)6-8-10/h3,9-11H,1,4-8H2,2H3,(H,14,15)(H,16,17). The average molecular weight is 239 g/mol. The number of carbonyl (C=O) groups excluding carboxylic acids is 1. The van der Waals surface area contributed by atoms with Gasteiger partial charge in [0.25, 0.3) is 0 Å². The first kappa shape index (κ1) is 13.7. The van der Waals surface area contributed by atoms with Crippen molar-refractivity contribution in [3.05, 3.63) is 12.7 Å². The molecule has 1 amide bonds. The van der Waals surface area contributed by atoms with E-state index in [-0.39, 0.29) is 18.2 Å². The summed E-state index contributed by atoms with van der Waals surface area (Å²) in [6.45, 7) is 5.68. The van der Waals surface area contributed by atoms with Crippen molar-refractivity contribution in [1.82, 2.24) is 5.32 Å². The Morgan fingerprint density at radius 3 is 2.47 bits per heavy atom. The van der Waals surface area contributed by atoms with Gasteiger partial charge in [-0.25, -0.2) is 4.79 Å². The first-order valence-electron chi connectivity index (χ1n) is 6.18. The smallest absolute Gasteiger partial charge is 0.326 e. The fraction of sp³-hybridized carbons (Fsp3) is 0.692. The van der Waals surface area contributed by atoms with Crippen LogP contribution in [-0.2, 0) is 9.59 Å².